The first-order valence-electron chi connectivity index (χ1n) is 3.71. The Kier molecular flexibility index (Phi) is 2.49. The van der Waals surface area contributed by atoms with Gasteiger partial charge in [0.25, 0.3) is 0 Å². The van der Waals surface area contributed by atoms with E-state index in [1.165, 1.54) is 6.42 Å². The van der Waals surface area contributed by atoms with Crippen LogP contribution in [0.4, 0.5) is 0 Å². The van der Waals surface area contributed by atoms with E-state index in [4.69, 9.17) is 10.8 Å². The number of hydrogen-bond acceptors (Lipinski definition) is 2. The highest BCUT2D eigenvalue weighted by atomic mass is 16.3. The topological polar surface area (TPSA) is 46.2 Å². The van der Waals surface area contributed by atoms with E-state index in [9.17, 15) is 0 Å². The van der Waals surface area contributed by atoms with Gasteiger partial charge in [-0.25, -0.2) is 0 Å². The minimum Gasteiger partial charge on any atom is -0.393 e. The standard InChI is InChI=1S/C7H15NO/c8-5-6-2-1-3-7(9)4-6/h6-7,9H,1-5,8H2/t6-,7-/m1/s1. The van der Waals surface area contributed by atoms with Crippen LogP contribution in [0.5, 0.6) is 0 Å². The molecule has 0 amide bonds. The van der Waals surface area contributed by atoms with Gasteiger partial charge in [-0.15, -0.1) is 0 Å². The molecule has 0 aromatic heterocycles. The maximum Gasteiger partial charge on any atom is 0.0543 e. The molecular weight excluding hydrogens is 114 g/mol. The summed E-state index contributed by atoms with van der Waals surface area (Å²) in [7, 11) is 0. The predicted molar refractivity (Wildman–Crippen MR) is 37.0 cm³/mol. The highest BCUT2D eigenvalue weighted by Crippen LogP contribution is 2.22. The van der Waals surface area contributed by atoms with Crippen LogP contribution in [-0.4, -0.2) is 17.8 Å². The van der Waals surface area contributed by atoms with Crippen molar-refractivity contribution in [2.75, 3.05) is 6.54 Å². The van der Waals surface area contributed by atoms with Gasteiger partial charge in [-0.05, 0) is 31.7 Å². The van der Waals surface area contributed by atoms with Crippen molar-refractivity contribution >= 4 is 0 Å². The fraction of sp³-hybridized carbons (Fsp3) is 1.00. The summed E-state index contributed by atoms with van der Waals surface area (Å²) in [5, 5.41) is 9.16. The van der Waals surface area contributed by atoms with E-state index in [0.29, 0.717) is 5.92 Å². The molecule has 54 valence electrons. The molecular formula is C7H15NO. The van der Waals surface area contributed by atoms with Crippen LogP contribution in [-0.2, 0) is 0 Å². The zero-order valence-corrected chi connectivity index (χ0v) is 5.71. The van der Waals surface area contributed by atoms with E-state index in [1.54, 1.807) is 0 Å². The zero-order valence-electron chi connectivity index (χ0n) is 5.71. The van der Waals surface area contributed by atoms with Crippen molar-refractivity contribution in [3.63, 3.8) is 0 Å². The summed E-state index contributed by atoms with van der Waals surface area (Å²) in [6.07, 6.45) is 4.22. The first-order chi connectivity index (χ1) is 4.33. The van der Waals surface area contributed by atoms with Gasteiger partial charge in [-0.1, -0.05) is 6.42 Å². The Bertz CT molecular complexity index is 85.0. The lowest BCUT2D eigenvalue weighted by Crippen LogP contribution is -2.25. The Labute approximate surface area is 56.1 Å². The van der Waals surface area contributed by atoms with Gasteiger partial charge in [0.05, 0.1) is 6.10 Å². The molecule has 0 bridgehead atoms. The lowest BCUT2D eigenvalue weighted by Gasteiger charge is -2.24. The van der Waals surface area contributed by atoms with Crippen molar-refractivity contribution in [3.8, 4) is 0 Å². The third-order valence-electron chi connectivity index (χ3n) is 2.09. The molecule has 1 saturated carbocycles. The SMILES string of the molecule is NC[C@@H]1CCC[C@@H](O)C1. The molecule has 2 nitrogen and oxygen atoms in total. The van der Waals surface area contributed by atoms with E-state index in [1.807, 2.05) is 0 Å². The first-order valence-corrected chi connectivity index (χ1v) is 3.71. The van der Waals surface area contributed by atoms with Crippen LogP contribution in [0.2, 0.25) is 0 Å². The van der Waals surface area contributed by atoms with E-state index in [-0.39, 0.29) is 6.10 Å². The second-order valence-electron chi connectivity index (χ2n) is 2.92. The van der Waals surface area contributed by atoms with Crippen molar-refractivity contribution in [1.29, 1.82) is 0 Å². The molecule has 1 fully saturated rings. The van der Waals surface area contributed by atoms with Crippen molar-refractivity contribution in [2.45, 2.75) is 31.8 Å². The van der Waals surface area contributed by atoms with Crippen LogP contribution in [0.3, 0.4) is 0 Å². The molecule has 2 atom stereocenters. The van der Waals surface area contributed by atoms with Gasteiger partial charge in [-0.2, -0.15) is 0 Å². The molecule has 0 heterocycles. The highest BCUT2D eigenvalue weighted by Gasteiger charge is 2.17. The second kappa shape index (κ2) is 3.18. The summed E-state index contributed by atoms with van der Waals surface area (Å²) in [5.41, 5.74) is 5.45. The van der Waals surface area contributed by atoms with Crippen LogP contribution in [0, 0.1) is 5.92 Å². The molecule has 0 aromatic rings. The van der Waals surface area contributed by atoms with Gasteiger partial charge in [0.15, 0.2) is 0 Å². The summed E-state index contributed by atoms with van der Waals surface area (Å²) in [4.78, 5) is 0. The number of aliphatic hydroxyl groups is 1. The maximum absolute atomic E-state index is 9.16. The molecule has 0 aliphatic heterocycles. The minimum absolute atomic E-state index is 0.0627. The molecule has 2 heteroatoms. The summed E-state index contributed by atoms with van der Waals surface area (Å²) < 4.78 is 0. The molecule has 0 radical (unpaired) electrons. The fourth-order valence-electron chi connectivity index (χ4n) is 1.48. The van der Waals surface area contributed by atoms with Crippen molar-refractivity contribution in [1.82, 2.24) is 0 Å². The van der Waals surface area contributed by atoms with Gasteiger partial charge >= 0.3 is 0 Å². The molecule has 1 aliphatic carbocycles. The molecule has 9 heavy (non-hydrogen) atoms. The minimum atomic E-state index is -0.0627. The molecule has 1 aliphatic rings. The highest BCUT2D eigenvalue weighted by molar-refractivity contribution is 4.71. The molecule has 0 saturated heterocycles. The fourth-order valence-corrected chi connectivity index (χ4v) is 1.48. The quantitative estimate of drug-likeness (QED) is 0.541. The van der Waals surface area contributed by atoms with E-state index in [0.717, 1.165) is 25.8 Å². The number of aliphatic hydroxyl groups excluding tert-OH is 1. The Morgan fingerprint density at radius 3 is 2.67 bits per heavy atom. The van der Waals surface area contributed by atoms with Gasteiger partial charge in [-0.3, -0.25) is 0 Å². The zero-order chi connectivity index (χ0) is 6.69. The largest absolute Gasteiger partial charge is 0.393 e. The van der Waals surface area contributed by atoms with Gasteiger partial charge < -0.3 is 10.8 Å². The third kappa shape index (κ3) is 1.95. The Balaban J connectivity index is 2.23. The van der Waals surface area contributed by atoms with E-state index < -0.39 is 0 Å². The Morgan fingerprint density at radius 2 is 2.22 bits per heavy atom. The van der Waals surface area contributed by atoms with E-state index >= 15 is 0 Å². The second-order valence-corrected chi connectivity index (χ2v) is 2.92. The summed E-state index contributed by atoms with van der Waals surface area (Å²) >= 11 is 0. The van der Waals surface area contributed by atoms with Crippen LogP contribution < -0.4 is 5.73 Å². The molecule has 1 rings (SSSR count). The lowest BCUT2D eigenvalue weighted by molar-refractivity contribution is 0.103. The van der Waals surface area contributed by atoms with Gasteiger partial charge in [0.2, 0.25) is 0 Å². The smallest absolute Gasteiger partial charge is 0.0543 e. The van der Waals surface area contributed by atoms with Crippen LogP contribution in [0.25, 0.3) is 0 Å². The molecule has 0 unspecified atom stereocenters. The molecule has 0 spiro atoms. The van der Waals surface area contributed by atoms with Gasteiger partial charge in [0, 0.05) is 0 Å². The van der Waals surface area contributed by atoms with Crippen LogP contribution in [0.15, 0.2) is 0 Å². The third-order valence-corrected chi connectivity index (χ3v) is 2.09. The van der Waals surface area contributed by atoms with Crippen molar-refractivity contribution in [3.05, 3.63) is 0 Å². The molecule has 0 aromatic carbocycles. The van der Waals surface area contributed by atoms with Crippen molar-refractivity contribution < 1.29 is 5.11 Å². The normalized spacial score (nSPS) is 36.7. The number of rotatable bonds is 1. The maximum atomic E-state index is 9.16. The van der Waals surface area contributed by atoms with Crippen LogP contribution in [0.1, 0.15) is 25.7 Å². The average molecular weight is 129 g/mol. The Morgan fingerprint density at radius 1 is 1.44 bits per heavy atom. The number of hydrogen-bond donors (Lipinski definition) is 2. The van der Waals surface area contributed by atoms with E-state index in [2.05, 4.69) is 0 Å². The monoisotopic (exact) mass is 129 g/mol. The first kappa shape index (κ1) is 7.03. The van der Waals surface area contributed by atoms with Gasteiger partial charge in [0.1, 0.15) is 0 Å². The summed E-state index contributed by atoms with van der Waals surface area (Å²) in [6.45, 7) is 0.747. The van der Waals surface area contributed by atoms with Crippen molar-refractivity contribution in [2.24, 2.45) is 11.7 Å². The lowest BCUT2D eigenvalue weighted by atomic mass is 9.87. The molecule has 3 N–H and O–H groups in total. The average Bonchev–Trinajstić information content (AvgIpc) is 1.88. The van der Waals surface area contributed by atoms with Crippen LogP contribution >= 0.6 is 0 Å². The summed E-state index contributed by atoms with van der Waals surface area (Å²) in [6, 6.07) is 0. The number of nitrogens with two attached hydrogens (primary N) is 1. The predicted octanol–water partition coefficient (Wildman–Crippen LogP) is 0.496. The summed E-state index contributed by atoms with van der Waals surface area (Å²) in [5.74, 6) is 0.591. The Hall–Kier alpha value is -0.0800.